The maximum atomic E-state index is 13.2. The smallest absolute Gasteiger partial charge is 0.352 e. The zero-order chi connectivity index (χ0) is 15.1. The summed E-state index contributed by atoms with van der Waals surface area (Å²) in [5.74, 6) is -1.28. The first kappa shape index (κ1) is 14.8. The van der Waals surface area contributed by atoms with E-state index in [-0.39, 0.29) is 29.3 Å². The summed E-state index contributed by atoms with van der Waals surface area (Å²) in [5.41, 5.74) is -0.999. The van der Waals surface area contributed by atoms with Crippen LogP contribution in [0.4, 0.5) is 17.6 Å². The van der Waals surface area contributed by atoms with Crippen LogP contribution >= 0.6 is 0 Å². The number of carbonyl (C=O) groups excluding carboxylic acids is 1. The number of halogens is 4. The van der Waals surface area contributed by atoms with Crippen molar-refractivity contribution in [2.24, 2.45) is 11.3 Å². The summed E-state index contributed by atoms with van der Waals surface area (Å²) in [6.07, 6.45) is -3.84. The SMILES string of the molecule is CC1(C)C[C@@H]1C(=O)NCc1cc(F)cc(C(F)(F)F)c1. The minimum Gasteiger partial charge on any atom is -0.352 e. The second-order valence-corrected chi connectivity index (χ2v) is 5.81. The van der Waals surface area contributed by atoms with Gasteiger partial charge in [0.15, 0.2) is 0 Å². The van der Waals surface area contributed by atoms with Gasteiger partial charge < -0.3 is 5.32 Å². The number of carbonyl (C=O) groups is 1. The molecule has 2 nitrogen and oxygen atoms in total. The van der Waals surface area contributed by atoms with Crippen molar-refractivity contribution in [1.82, 2.24) is 5.32 Å². The third kappa shape index (κ3) is 3.29. The van der Waals surface area contributed by atoms with E-state index in [9.17, 15) is 22.4 Å². The van der Waals surface area contributed by atoms with E-state index in [1.54, 1.807) is 0 Å². The van der Waals surface area contributed by atoms with Gasteiger partial charge in [0, 0.05) is 12.5 Å². The summed E-state index contributed by atoms with van der Waals surface area (Å²) >= 11 is 0. The molecule has 1 N–H and O–H groups in total. The van der Waals surface area contributed by atoms with E-state index in [2.05, 4.69) is 5.32 Å². The Kier molecular flexibility index (Phi) is 3.52. The van der Waals surface area contributed by atoms with Gasteiger partial charge in [0.05, 0.1) is 5.56 Å². The molecule has 0 aromatic heterocycles. The molecule has 1 saturated carbocycles. The van der Waals surface area contributed by atoms with E-state index in [0.29, 0.717) is 6.07 Å². The number of amides is 1. The molecule has 1 fully saturated rings. The van der Waals surface area contributed by atoms with Crippen LogP contribution in [0.1, 0.15) is 31.4 Å². The fourth-order valence-corrected chi connectivity index (χ4v) is 2.14. The van der Waals surface area contributed by atoms with Crippen molar-refractivity contribution < 1.29 is 22.4 Å². The third-order valence-electron chi connectivity index (χ3n) is 3.58. The molecule has 20 heavy (non-hydrogen) atoms. The number of benzene rings is 1. The summed E-state index contributed by atoms with van der Waals surface area (Å²) in [6.45, 7) is 3.79. The van der Waals surface area contributed by atoms with Crippen molar-refractivity contribution in [2.45, 2.75) is 33.0 Å². The zero-order valence-electron chi connectivity index (χ0n) is 11.1. The van der Waals surface area contributed by atoms with Crippen LogP contribution < -0.4 is 5.32 Å². The molecule has 2 rings (SSSR count). The van der Waals surface area contributed by atoms with Crippen LogP contribution in [-0.2, 0) is 17.5 Å². The molecule has 0 radical (unpaired) electrons. The Morgan fingerprint density at radius 2 is 1.95 bits per heavy atom. The van der Waals surface area contributed by atoms with Crippen LogP contribution in [0.25, 0.3) is 0 Å². The quantitative estimate of drug-likeness (QED) is 0.848. The Morgan fingerprint density at radius 3 is 2.45 bits per heavy atom. The second kappa shape index (κ2) is 4.75. The molecule has 0 spiro atoms. The lowest BCUT2D eigenvalue weighted by molar-refractivity contribution is -0.137. The van der Waals surface area contributed by atoms with Crippen molar-refractivity contribution >= 4 is 5.91 Å². The average Bonchev–Trinajstić information content (AvgIpc) is 2.94. The van der Waals surface area contributed by atoms with Gasteiger partial charge in [-0.25, -0.2) is 4.39 Å². The Bertz CT molecular complexity index is 536. The number of hydrogen-bond donors (Lipinski definition) is 1. The van der Waals surface area contributed by atoms with Gasteiger partial charge in [-0.15, -0.1) is 0 Å². The average molecular weight is 289 g/mol. The molecule has 6 heteroatoms. The van der Waals surface area contributed by atoms with Gasteiger partial charge in [-0.2, -0.15) is 13.2 Å². The van der Waals surface area contributed by atoms with Crippen LogP contribution in [0.5, 0.6) is 0 Å². The van der Waals surface area contributed by atoms with Crippen LogP contribution in [-0.4, -0.2) is 5.91 Å². The Balaban J connectivity index is 2.03. The minimum atomic E-state index is -4.60. The summed E-state index contributed by atoms with van der Waals surface area (Å²) in [5, 5.41) is 2.55. The van der Waals surface area contributed by atoms with Crippen LogP contribution in [0, 0.1) is 17.2 Å². The molecular formula is C14H15F4NO. The van der Waals surface area contributed by atoms with Gasteiger partial charge in [0.1, 0.15) is 5.82 Å². The monoisotopic (exact) mass is 289 g/mol. The maximum Gasteiger partial charge on any atom is 0.416 e. The molecule has 1 aromatic carbocycles. The van der Waals surface area contributed by atoms with E-state index in [0.717, 1.165) is 18.6 Å². The van der Waals surface area contributed by atoms with Crippen molar-refractivity contribution in [1.29, 1.82) is 0 Å². The highest BCUT2D eigenvalue weighted by Gasteiger charge is 2.50. The van der Waals surface area contributed by atoms with Crippen LogP contribution in [0.3, 0.4) is 0 Å². The second-order valence-electron chi connectivity index (χ2n) is 5.81. The van der Waals surface area contributed by atoms with Gasteiger partial charge in [-0.3, -0.25) is 4.79 Å². The fourth-order valence-electron chi connectivity index (χ4n) is 2.14. The first-order valence-electron chi connectivity index (χ1n) is 6.24. The van der Waals surface area contributed by atoms with Crippen LogP contribution in [0.15, 0.2) is 18.2 Å². The lowest BCUT2D eigenvalue weighted by Crippen LogP contribution is -2.26. The molecule has 1 atom stereocenters. The lowest BCUT2D eigenvalue weighted by Gasteiger charge is -2.11. The highest BCUT2D eigenvalue weighted by atomic mass is 19.4. The molecule has 1 aliphatic rings. The van der Waals surface area contributed by atoms with Crippen LogP contribution in [0.2, 0.25) is 0 Å². The number of rotatable bonds is 3. The van der Waals surface area contributed by atoms with Crippen molar-refractivity contribution in [3.63, 3.8) is 0 Å². The van der Waals surface area contributed by atoms with Gasteiger partial charge in [-0.1, -0.05) is 13.8 Å². The molecule has 1 amide bonds. The normalized spacial score (nSPS) is 20.6. The lowest BCUT2D eigenvalue weighted by atomic mass is 10.1. The van der Waals surface area contributed by atoms with Crippen molar-refractivity contribution in [2.75, 3.05) is 0 Å². The largest absolute Gasteiger partial charge is 0.416 e. The highest BCUT2D eigenvalue weighted by molar-refractivity contribution is 5.82. The molecule has 0 unspecified atom stereocenters. The molecule has 1 aromatic rings. The first-order valence-corrected chi connectivity index (χ1v) is 6.24. The van der Waals surface area contributed by atoms with E-state index in [1.165, 1.54) is 0 Å². The zero-order valence-corrected chi connectivity index (χ0v) is 11.1. The molecule has 0 saturated heterocycles. The summed E-state index contributed by atoms with van der Waals surface area (Å²) in [7, 11) is 0. The number of nitrogens with one attached hydrogen (secondary N) is 1. The van der Waals surface area contributed by atoms with E-state index >= 15 is 0 Å². The fraction of sp³-hybridized carbons (Fsp3) is 0.500. The third-order valence-corrected chi connectivity index (χ3v) is 3.58. The molecular weight excluding hydrogens is 274 g/mol. The molecule has 0 heterocycles. The van der Waals surface area contributed by atoms with Gasteiger partial charge in [0.25, 0.3) is 0 Å². The summed E-state index contributed by atoms with van der Waals surface area (Å²) < 4.78 is 50.8. The van der Waals surface area contributed by atoms with Crippen molar-refractivity contribution in [3.05, 3.63) is 35.1 Å². The minimum absolute atomic E-state index is 0.0524. The standard InChI is InChI=1S/C14H15F4NO/c1-13(2)6-11(13)12(20)19-7-8-3-9(14(16,17)18)5-10(15)4-8/h3-5,11H,6-7H2,1-2H3,(H,19,20)/t11-/m1/s1. The van der Waals surface area contributed by atoms with Gasteiger partial charge >= 0.3 is 6.18 Å². The topological polar surface area (TPSA) is 29.1 Å². The molecule has 110 valence electrons. The Morgan fingerprint density at radius 1 is 1.35 bits per heavy atom. The van der Waals surface area contributed by atoms with E-state index in [1.807, 2.05) is 13.8 Å². The predicted octanol–water partition coefficient (Wildman–Crippen LogP) is 3.51. The Labute approximate surface area is 114 Å². The first-order chi connectivity index (χ1) is 9.09. The summed E-state index contributed by atoms with van der Waals surface area (Å²) in [4.78, 5) is 11.7. The molecule has 0 bridgehead atoms. The summed E-state index contributed by atoms with van der Waals surface area (Å²) in [6, 6.07) is 2.28. The predicted molar refractivity (Wildman–Crippen MR) is 65.1 cm³/mol. The molecule has 0 aliphatic heterocycles. The highest BCUT2D eigenvalue weighted by Crippen LogP contribution is 2.51. The number of hydrogen-bond acceptors (Lipinski definition) is 1. The van der Waals surface area contributed by atoms with E-state index < -0.39 is 17.6 Å². The molecule has 1 aliphatic carbocycles. The Hall–Kier alpha value is -1.59. The van der Waals surface area contributed by atoms with Gasteiger partial charge in [0.2, 0.25) is 5.91 Å². The number of alkyl halides is 3. The maximum absolute atomic E-state index is 13.2. The van der Waals surface area contributed by atoms with E-state index in [4.69, 9.17) is 0 Å². The van der Waals surface area contributed by atoms with Crippen molar-refractivity contribution in [3.8, 4) is 0 Å². The van der Waals surface area contributed by atoms with Gasteiger partial charge in [-0.05, 0) is 35.6 Å².